The van der Waals surface area contributed by atoms with Crippen LogP contribution in [0.3, 0.4) is 0 Å². The van der Waals surface area contributed by atoms with Crippen molar-refractivity contribution < 1.29 is 9.50 Å². The first-order valence-electron chi connectivity index (χ1n) is 8.09. The molecule has 2 aliphatic rings. The second kappa shape index (κ2) is 5.93. The van der Waals surface area contributed by atoms with Crippen molar-refractivity contribution in [3.63, 3.8) is 0 Å². The zero-order valence-corrected chi connectivity index (χ0v) is 12.8. The highest BCUT2D eigenvalue weighted by molar-refractivity contribution is 5.58. The Kier molecular flexibility index (Phi) is 4.18. The fourth-order valence-corrected chi connectivity index (χ4v) is 4.07. The van der Waals surface area contributed by atoms with E-state index in [1.807, 2.05) is 6.07 Å². The van der Waals surface area contributed by atoms with E-state index in [1.54, 1.807) is 12.1 Å². The molecule has 0 aliphatic carbocycles. The van der Waals surface area contributed by atoms with Crippen molar-refractivity contribution in [3.05, 3.63) is 29.6 Å². The summed E-state index contributed by atoms with van der Waals surface area (Å²) in [7, 11) is 0. The summed E-state index contributed by atoms with van der Waals surface area (Å²) in [4.78, 5) is 2.44. The van der Waals surface area contributed by atoms with E-state index in [1.165, 1.54) is 0 Å². The third-order valence-corrected chi connectivity index (χ3v) is 4.95. The molecule has 0 aromatic heterocycles. The summed E-state index contributed by atoms with van der Waals surface area (Å²) >= 11 is 0. The van der Waals surface area contributed by atoms with Crippen LogP contribution in [-0.4, -0.2) is 29.8 Å². The first-order valence-corrected chi connectivity index (χ1v) is 8.09. The minimum absolute atomic E-state index is 0.131. The summed E-state index contributed by atoms with van der Waals surface area (Å²) in [5.74, 6) is -0.178. The van der Waals surface area contributed by atoms with Crippen LogP contribution in [-0.2, 0) is 0 Å². The lowest BCUT2D eigenvalue weighted by Gasteiger charge is -2.40. The number of nitrogens with one attached hydrogen (secondary N) is 1. The van der Waals surface area contributed by atoms with E-state index >= 15 is 0 Å². The van der Waals surface area contributed by atoms with Gasteiger partial charge in [0.1, 0.15) is 5.82 Å². The molecule has 2 saturated heterocycles. The summed E-state index contributed by atoms with van der Waals surface area (Å²) in [5, 5.41) is 13.3. The summed E-state index contributed by atoms with van der Waals surface area (Å²) < 4.78 is 13.7. The zero-order chi connectivity index (χ0) is 15.0. The number of piperidine rings is 1. The van der Waals surface area contributed by atoms with Crippen molar-refractivity contribution in [2.75, 3.05) is 11.4 Å². The van der Waals surface area contributed by atoms with Crippen LogP contribution in [0.15, 0.2) is 18.2 Å². The molecule has 1 aromatic carbocycles. The van der Waals surface area contributed by atoms with Gasteiger partial charge in [-0.05, 0) is 62.9 Å². The standard InChI is InChI=1S/C17H25FN2O/c1-3-19-11(2)16-8-12(18)4-7-17(16)20-13-5-6-14(20)10-15(21)9-13/h4,7-8,11,13-15,19,21H,3,5-6,9-10H2,1-2H3. The second-order valence-electron chi connectivity index (χ2n) is 6.40. The Bertz CT molecular complexity index is 494. The number of aliphatic hydroxyl groups excluding tert-OH is 1. The monoisotopic (exact) mass is 292 g/mol. The minimum atomic E-state index is -0.178. The third-order valence-electron chi connectivity index (χ3n) is 4.95. The van der Waals surface area contributed by atoms with Crippen LogP contribution in [0.4, 0.5) is 10.1 Å². The average Bonchev–Trinajstić information content (AvgIpc) is 2.71. The maximum atomic E-state index is 13.7. The van der Waals surface area contributed by atoms with Gasteiger partial charge < -0.3 is 15.3 Å². The Balaban J connectivity index is 1.95. The molecule has 2 heterocycles. The Morgan fingerprint density at radius 3 is 2.62 bits per heavy atom. The van der Waals surface area contributed by atoms with Gasteiger partial charge >= 0.3 is 0 Å². The fraction of sp³-hybridized carbons (Fsp3) is 0.647. The summed E-state index contributed by atoms with van der Waals surface area (Å²) in [6, 6.07) is 6.07. The molecular weight excluding hydrogens is 267 g/mol. The summed E-state index contributed by atoms with van der Waals surface area (Å²) in [5.41, 5.74) is 2.18. The molecule has 2 bridgehead atoms. The molecule has 0 amide bonds. The van der Waals surface area contributed by atoms with Crippen molar-refractivity contribution >= 4 is 5.69 Å². The fourth-order valence-electron chi connectivity index (χ4n) is 4.07. The van der Waals surface area contributed by atoms with E-state index in [9.17, 15) is 9.50 Å². The van der Waals surface area contributed by atoms with E-state index in [0.29, 0.717) is 12.1 Å². The van der Waals surface area contributed by atoms with Gasteiger partial charge in [-0.15, -0.1) is 0 Å². The van der Waals surface area contributed by atoms with Gasteiger partial charge in [-0.2, -0.15) is 0 Å². The Morgan fingerprint density at radius 2 is 2.00 bits per heavy atom. The highest BCUT2D eigenvalue weighted by atomic mass is 19.1. The molecule has 21 heavy (non-hydrogen) atoms. The maximum absolute atomic E-state index is 13.7. The largest absolute Gasteiger partial charge is 0.393 e. The molecule has 116 valence electrons. The van der Waals surface area contributed by atoms with Gasteiger partial charge in [0, 0.05) is 23.8 Å². The number of nitrogens with zero attached hydrogens (tertiary/aromatic N) is 1. The molecule has 2 N–H and O–H groups in total. The predicted molar refractivity (Wildman–Crippen MR) is 83.0 cm³/mol. The van der Waals surface area contributed by atoms with Crippen molar-refractivity contribution in [2.45, 2.75) is 63.8 Å². The molecule has 3 nitrogen and oxygen atoms in total. The highest BCUT2D eigenvalue weighted by Crippen LogP contribution is 2.42. The molecular formula is C17H25FN2O. The SMILES string of the molecule is CCNC(C)c1cc(F)ccc1N1C2CCC1CC(O)C2. The van der Waals surface area contributed by atoms with Gasteiger partial charge in [0.05, 0.1) is 6.10 Å². The van der Waals surface area contributed by atoms with Gasteiger partial charge in [0.25, 0.3) is 0 Å². The molecule has 0 saturated carbocycles. The first-order chi connectivity index (χ1) is 10.1. The van der Waals surface area contributed by atoms with E-state index < -0.39 is 0 Å². The van der Waals surface area contributed by atoms with Gasteiger partial charge in [-0.25, -0.2) is 4.39 Å². The van der Waals surface area contributed by atoms with Crippen LogP contribution in [0, 0.1) is 5.82 Å². The number of aliphatic hydroxyl groups is 1. The van der Waals surface area contributed by atoms with Crippen LogP contribution in [0.5, 0.6) is 0 Å². The van der Waals surface area contributed by atoms with E-state index in [0.717, 1.165) is 43.5 Å². The number of benzene rings is 1. The Hall–Kier alpha value is -1.13. The highest BCUT2D eigenvalue weighted by Gasteiger charge is 2.41. The first kappa shape index (κ1) is 14.8. The van der Waals surface area contributed by atoms with E-state index in [4.69, 9.17) is 0 Å². The number of rotatable bonds is 4. The van der Waals surface area contributed by atoms with Crippen molar-refractivity contribution in [1.29, 1.82) is 0 Å². The number of fused-ring (bicyclic) bond motifs is 2. The number of halogens is 1. The average molecular weight is 292 g/mol. The van der Waals surface area contributed by atoms with Gasteiger partial charge in [-0.3, -0.25) is 0 Å². The molecule has 2 fully saturated rings. The summed E-state index contributed by atoms with van der Waals surface area (Å²) in [6.45, 7) is 5.02. The molecule has 0 spiro atoms. The maximum Gasteiger partial charge on any atom is 0.123 e. The molecule has 2 aliphatic heterocycles. The van der Waals surface area contributed by atoms with Crippen molar-refractivity contribution in [2.24, 2.45) is 0 Å². The molecule has 3 rings (SSSR count). The lowest BCUT2D eigenvalue weighted by molar-refractivity contribution is 0.126. The van der Waals surface area contributed by atoms with Crippen molar-refractivity contribution in [1.82, 2.24) is 5.32 Å². The smallest absolute Gasteiger partial charge is 0.123 e. The number of hydrogen-bond donors (Lipinski definition) is 2. The van der Waals surface area contributed by atoms with Crippen LogP contribution in [0.1, 0.15) is 51.1 Å². The third kappa shape index (κ3) is 2.79. The Morgan fingerprint density at radius 1 is 1.33 bits per heavy atom. The quantitative estimate of drug-likeness (QED) is 0.895. The normalized spacial score (nSPS) is 29.7. The molecule has 4 heteroatoms. The zero-order valence-electron chi connectivity index (χ0n) is 12.8. The van der Waals surface area contributed by atoms with Gasteiger partial charge in [0.15, 0.2) is 0 Å². The van der Waals surface area contributed by atoms with E-state index in [-0.39, 0.29) is 18.0 Å². The van der Waals surface area contributed by atoms with Gasteiger partial charge in [-0.1, -0.05) is 6.92 Å². The predicted octanol–water partition coefficient (Wildman–Crippen LogP) is 2.99. The second-order valence-corrected chi connectivity index (χ2v) is 6.40. The van der Waals surface area contributed by atoms with Crippen LogP contribution < -0.4 is 10.2 Å². The van der Waals surface area contributed by atoms with Crippen LogP contribution in [0.25, 0.3) is 0 Å². The minimum Gasteiger partial charge on any atom is -0.393 e. The Labute approximate surface area is 126 Å². The van der Waals surface area contributed by atoms with Crippen molar-refractivity contribution in [3.8, 4) is 0 Å². The van der Waals surface area contributed by atoms with Crippen LogP contribution >= 0.6 is 0 Å². The molecule has 1 aromatic rings. The number of anilines is 1. The van der Waals surface area contributed by atoms with E-state index in [2.05, 4.69) is 24.1 Å². The topological polar surface area (TPSA) is 35.5 Å². The molecule has 3 atom stereocenters. The van der Waals surface area contributed by atoms with Crippen LogP contribution in [0.2, 0.25) is 0 Å². The lowest BCUT2D eigenvalue weighted by atomic mass is 9.96. The molecule has 3 unspecified atom stereocenters. The molecule has 0 radical (unpaired) electrons. The summed E-state index contributed by atoms with van der Waals surface area (Å²) in [6.07, 6.45) is 3.77. The lowest BCUT2D eigenvalue weighted by Crippen LogP contribution is -2.45. The number of hydrogen-bond acceptors (Lipinski definition) is 3. The van der Waals surface area contributed by atoms with Gasteiger partial charge in [0.2, 0.25) is 0 Å².